The monoisotopic (exact) mass is 353 g/mol. The smallest absolute Gasteiger partial charge is 0.256 e. The summed E-state index contributed by atoms with van der Waals surface area (Å²) in [6.45, 7) is 2.75. The third-order valence-corrected chi connectivity index (χ3v) is 5.25. The van der Waals surface area contributed by atoms with Crippen LogP contribution in [0.1, 0.15) is 38.2 Å². The van der Waals surface area contributed by atoms with Crippen LogP contribution in [0.15, 0.2) is 54.6 Å². The quantitative estimate of drug-likeness (QED) is 0.811. The maximum atomic E-state index is 12.8. The zero-order valence-corrected chi connectivity index (χ0v) is 15.5. The maximum Gasteiger partial charge on any atom is 0.256 e. The van der Waals surface area contributed by atoms with Crippen molar-refractivity contribution in [3.05, 3.63) is 60.2 Å². The van der Waals surface area contributed by atoms with Crippen LogP contribution < -0.4 is 10.1 Å². The van der Waals surface area contributed by atoms with Gasteiger partial charge < -0.3 is 14.8 Å². The van der Waals surface area contributed by atoms with Gasteiger partial charge in [0.15, 0.2) is 0 Å². The average molecular weight is 353 g/mol. The van der Waals surface area contributed by atoms with Gasteiger partial charge in [-0.3, -0.25) is 4.79 Å². The van der Waals surface area contributed by atoms with Gasteiger partial charge >= 0.3 is 0 Å². The molecule has 0 heterocycles. The van der Waals surface area contributed by atoms with E-state index in [1.54, 1.807) is 7.11 Å². The van der Waals surface area contributed by atoms with E-state index in [9.17, 15) is 4.79 Å². The molecule has 1 fully saturated rings. The Morgan fingerprint density at radius 1 is 1.08 bits per heavy atom. The SMILES string of the molecule is COC1(C(=O)Nc2ccc(OCc3ccccc3)cc2)CCC(C)CC1. The van der Waals surface area contributed by atoms with Crippen molar-refractivity contribution >= 4 is 11.6 Å². The summed E-state index contributed by atoms with van der Waals surface area (Å²) >= 11 is 0. The van der Waals surface area contributed by atoms with Gasteiger partial charge in [-0.15, -0.1) is 0 Å². The largest absolute Gasteiger partial charge is 0.489 e. The van der Waals surface area contributed by atoms with Gasteiger partial charge in [0.2, 0.25) is 0 Å². The minimum absolute atomic E-state index is 0.0511. The lowest BCUT2D eigenvalue weighted by atomic mass is 9.79. The molecule has 1 aliphatic rings. The lowest BCUT2D eigenvalue weighted by Gasteiger charge is -2.36. The molecule has 26 heavy (non-hydrogen) atoms. The van der Waals surface area contributed by atoms with Gasteiger partial charge in [-0.2, -0.15) is 0 Å². The number of ether oxygens (including phenoxy) is 2. The highest BCUT2D eigenvalue weighted by atomic mass is 16.5. The standard InChI is InChI=1S/C22H27NO3/c1-17-12-14-22(25-2,15-13-17)21(24)23-19-8-10-20(11-9-19)26-16-18-6-4-3-5-7-18/h3-11,17H,12-16H2,1-2H3,(H,23,24). The molecule has 0 unspecified atom stereocenters. The molecule has 0 saturated heterocycles. The summed E-state index contributed by atoms with van der Waals surface area (Å²) in [5.41, 5.74) is 1.19. The maximum absolute atomic E-state index is 12.8. The van der Waals surface area contributed by atoms with Crippen LogP contribution in [-0.4, -0.2) is 18.6 Å². The van der Waals surface area contributed by atoms with Gasteiger partial charge in [-0.05, 0) is 61.4 Å². The van der Waals surface area contributed by atoms with E-state index in [2.05, 4.69) is 12.2 Å². The van der Waals surface area contributed by atoms with Crippen molar-refractivity contribution in [3.63, 3.8) is 0 Å². The van der Waals surface area contributed by atoms with Gasteiger partial charge in [0, 0.05) is 12.8 Å². The highest BCUT2D eigenvalue weighted by Crippen LogP contribution is 2.35. The molecule has 1 aliphatic carbocycles. The van der Waals surface area contributed by atoms with E-state index >= 15 is 0 Å². The van der Waals surface area contributed by atoms with E-state index in [0.717, 1.165) is 42.7 Å². The molecule has 2 aromatic carbocycles. The van der Waals surface area contributed by atoms with Gasteiger partial charge in [0.25, 0.3) is 5.91 Å². The summed E-state index contributed by atoms with van der Waals surface area (Å²) in [5.74, 6) is 1.39. The molecule has 0 bridgehead atoms. The molecule has 3 rings (SSSR count). The molecular weight excluding hydrogens is 326 g/mol. The van der Waals surface area contributed by atoms with Crippen molar-refractivity contribution in [3.8, 4) is 5.75 Å². The van der Waals surface area contributed by atoms with Crippen LogP contribution in [-0.2, 0) is 16.1 Å². The van der Waals surface area contributed by atoms with E-state index in [0.29, 0.717) is 12.5 Å². The molecule has 0 aliphatic heterocycles. The Morgan fingerprint density at radius 3 is 2.35 bits per heavy atom. The highest BCUT2D eigenvalue weighted by molar-refractivity contribution is 5.97. The first kappa shape index (κ1) is 18.5. The Kier molecular flexibility index (Phi) is 5.94. The van der Waals surface area contributed by atoms with Gasteiger partial charge in [-0.1, -0.05) is 37.3 Å². The Balaban J connectivity index is 1.57. The molecule has 0 radical (unpaired) electrons. The lowest BCUT2D eigenvalue weighted by Crippen LogP contribution is -2.47. The number of methoxy groups -OCH3 is 1. The van der Waals surface area contributed by atoms with Gasteiger partial charge in [-0.25, -0.2) is 0 Å². The van der Waals surface area contributed by atoms with Crippen molar-refractivity contribution < 1.29 is 14.3 Å². The predicted octanol–water partition coefficient (Wildman–Crippen LogP) is 4.80. The van der Waals surface area contributed by atoms with Crippen molar-refractivity contribution in [2.45, 2.75) is 44.8 Å². The minimum Gasteiger partial charge on any atom is -0.489 e. The molecule has 1 saturated carbocycles. The van der Waals surface area contributed by atoms with Crippen LogP contribution >= 0.6 is 0 Å². The Hall–Kier alpha value is -2.33. The summed E-state index contributed by atoms with van der Waals surface area (Å²) in [4.78, 5) is 12.8. The lowest BCUT2D eigenvalue weighted by molar-refractivity contribution is -0.142. The second-order valence-electron chi connectivity index (χ2n) is 7.13. The van der Waals surface area contributed by atoms with Crippen LogP contribution in [0.5, 0.6) is 5.75 Å². The van der Waals surface area contributed by atoms with E-state index in [4.69, 9.17) is 9.47 Å². The molecule has 138 valence electrons. The van der Waals surface area contributed by atoms with Gasteiger partial charge in [0.1, 0.15) is 18.0 Å². The summed E-state index contributed by atoms with van der Waals surface area (Å²) in [6, 6.07) is 17.5. The zero-order valence-electron chi connectivity index (χ0n) is 15.5. The number of nitrogens with one attached hydrogen (secondary N) is 1. The second kappa shape index (κ2) is 8.37. The molecule has 1 N–H and O–H groups in total. The van der Waals surface area contributed by atoms with Crippen molar-refractivity contribution in [1.29, 1.82) is 0 Å². The summed E-state index contributed by atoms with van der Waals surface area (Å²) in [6.07, 6.45) is 3.59. The molecular formula is C22H27NO3. The molecule has 0 aromatic heterocycles. The summed E-state index contributed by atoms with van der Waals surface area (Å²) in [7, 11) is 1.64. The van der Waals surface area contributed by atoms with Crippen LogP contribution in [0.2, 0.25) is 0 Å². The first-order valence-corrected chi connectivity index (χ1v) is 9.25. The summed E-state index contributed by atoms with van der Waals surface area (Å²) in [5, 5.41) is 3.00. The Labute approximate surface area is 155 Å². The molecule has 4 nitrogen and oxygen atoms in total. The van der Waals surface area contributed by atoms with Gasteiger partial charge in [0.05, 0.1) is 0 Å². The summed E-state index contributed by atoms with van der Waals surface area (Å²) < 4.78 is 11.4. The number of benzene rings is 2. The van der Waals surface area contributed by atoms with Crippen LogP contribution in [0.25, 0.3) is 0 Å². The third kappa shape index (κ3) is 4.44. The van der Waals surface area contributed by atoms with Crippen molar-refractivity contribution in [1.82, 2.24) is 0 Å². The molecule has 0 spiro atoms. The molecule has 0 atom stereocenters. The number of hydrogen-bond donors (Lipinski definition) is 1. The van der Waals surface area contributed by atoms with E-state index in [1.807, 2.05) is 54.6 Å². The number of carbonyl (C=O) groups is 1. The molecule has 4 heteroatoms. The zero-order chi connectivity index (χ0) is 18.4. The fourth-order valence-corrected chi connectivity index (χ4v) is 3.37. The van der Waals surface area contributed by atoms with E-state index in [-0.39, 0.29) is 5.91 Å². The normalized spacial score (nSPS) is 22.6. The Morgan fingerprint density at radius 2 is 1.73 bits per heavy atom. The highest BCUT2D eigenvalue weighted by Gasteiger charge is 2.41. The average Bonchev–Trinajstić information content (AvgIpc) is 2.69. The fraction of sp³-hybridized carbons (Fsp3) is 0.409. The number of carbonyl (C=O) groups excluding carboxylic acids is 1. The number of anilines is 1. The Bertz CT molecular complexity index is 704. The van der Waals surface area contributed by atoms with Crippen LogP contribution in [0.4, 0.5) is 5.69 Å². The van der Waals surface area contributed by atoms with E-state index < -0.39 is 5.60 Å². The third-order valence-electron chi connectivity index (χ3n) is 5.25. The second-order valence-corrected chi connectivity index (χ2v) is 7.13. The number of amides is 1. The fourth-order valence-electron chi connectivity index (χ4n) is 3.37. The first-order valence-electron chi connectivity index (χ1n) is 9.25. The number of rotatable bonds is 6. The van der Waals surface area contributed by atoms with E-state index in [1.165, 1.54) is 0 Å². The van der Waals surface area contributed by atoms with Crippen LogP contribution in [0, 0.1) is 5.92 Å². The predicted molar refractivity (Wildman–Crippen MR) is 103 cm³/mol. The van der Waals surface area contributed by atoms with Crippen LogP contribution in [0.3, 0.4) is 0 Å². The van der Waals surface area contributed by atoms with Crippen molar-refractivity contribution in [2.24, 2.45) is 5.92 Å². The number of hydrogen-bond acceptors (Lipinski definition) is 3. The van der Waals surface area contributed by atoms with Crippen molar-refractivity contribution in [2.75, 3.05) is 12.4 Å². The first-order chi connectivity index (χ1) is 12.6. The molecule has 1 amide bonds. The minimum atomic E-state index is -0.699. The molecule has 2 aromatic rings. The topological polar surface area (TPSA) is 47.6 Å².